The van der Waals surface area contributed by atoms with Gasteiger partial charge >= 0.3 is 12.4 Å². The summed E-state index contributed by atoms with van der Waals surface area (Å²) in [5, 5.41) is 0.906. The molecule has 0 saturated heterocycles. The van der Waals surface area contributed by atoms with Gasteiger partial charge < -0.3 is 14.6 Å². The number of amides is 1. The highest BCUT2D eigenvalue weighted by molar-refractivity contribution is 7.89. The quantitative estimate of drug-likeness (QED) is 0.189. The van der Waals surface area contributed by atoms with Crippen LogP contribution in [0.2, 0.25) is 0 Å². The summed E-state index contributed by atoms with van der Waals surface area (Å²) in [7, 11) is -3.29. The molecule has 1 amide bonds. The number of carbonyl (C=O) groups is 1. The molecule has 0 aliphatic carbocycles. The number of methoxy groups -OCH3 is 1. The minimum Gasteiger partial charge on any atom is -0.383 e. The minimum atomic E-state index is -4.79. The molecule has 0 saturated carbocycles. The van der Waals surface area contributed by atoms with Crippen molar-refractivity contribution >= 4 is 26.8 Å². The highest BCUT2D eigenvalue weighted by Gasteiger charge is 2.34. The number of benzene rings is 3. The smallest absolute Gasteiger partial charge is 0.383 e. The lowest BCUT2D eigenvalue weighted by molar-refractivity contribution is -0.138. The van der Waals surface area contributed by atoms with Crippen molar-refractivity contribution < 1.29 is 44.3 Å². The molecule has 0 fully saturated rings. The van der Waals surface area contributed by atoms with Crippen LogP contribution in [-0.4, -0.2) is 61.9 Å². The van der Waals surface area contributed by atoms with E-state index < -0.39 is 50.9 Å². The van der Waals surface area contributed by atoms with Gasteiger partial charge in [0.25, 0.3) is 0 Å². The van der Waals surface area contributed by atoms with Gasteiger partial charge in [0.1, 0.15) is 0 Å². The third-order valence-corrected chi connectivity index (χ3v) is 8.83. The van der Waals surface area contributed by atoms with Gasteiger partial charge in [0.15, 0.2) is 0 Å². The highest BCUT2D eigenvalue weighted by Crippen LogP contribution is 2.32. The lowest BCUT2D eigenvalue weighted by Gasteiger charge is -2.27. The topological polar surface area (TPSA) is 82.7 Å². The first-order valence-electron chi connectivity index (χ1n) is 13.4. The van der Waals surface area contributed by atoms with Gasteiger partial charge in [0.05, 0.1) is 29.2 Å². The zero-order valence-electron chi connectivity index (χ0n) is 23.5. The number of sulfonamides is 1. The average molecular weight is 642 g/mol. The molecule has 0 bridgehead atoms. The Kier molecular flexibility index (Phi) is 10.1. The summed E-state index contributed by atoms with van der Waals surface area (Å²) in [5.74, 6) is -0.698. The van der Waals surface area contributed by atoms with E-state index in [9.17, 15) is 39.6 Å². The summed E-state index contributed by atoms with van der Waals surface area (Å²) in [6.45, 7) is -1.29. The summed E-state index contributed by atoms with van der Waals surface area (Å²) < 4.78 is 112. The van der Waals surface area contributed by atoms with E-state index in [1.54, 1.807) is 6.20 Å². The maximum atomic E-state index is 13.7. The first-order valence-corrected chi connectivity index (χ1v) is 14.8. The van der Waals surface area contributed by atoms with Gasteiger partial charge in [-0.05, 0) is 53.9 Å². The van der Waals surface area contributed by atoms with Crippen LogP contribution in [0.1, 0.15) is 22.3 Å². The fourth-order valence-electron chi connectivity index (χ4n) is 4.62. The second kappa shape index (κ2) is 13.4. The van der Waals surface area contributed by atoms with Crippen LogP contribution >= 0.6 is 0 Å². The van der Waals surface area contributed by atoms with Gasteiger partial charge in [-0.15, -0.1) is 0 Å². The fourth-order valence-corrected chi connectivity index (χ4v) is 6.04. The molecular weight excluding hydrogens is 612 g/mol. The normalized spacial score (nSPS) is 12.6. The molecule has 44 heavy (non-hydrogen) atoms. The molecule has 0 atom stereocenters. The Morgan fingerprint density at radius 3 is 2.20 bits per heavy atom. The SMILES string of the molecule is COCCN(CC(=O)N(CCc1c[nH]c2ccccc12)Cc1ccc(C(F)(F)F)cc1)S(=O)(=O)c1cccc(C(F)(F)F)c1. The average Bonchev–Trinajstić information content (AvgIpc) is 3.39. The Balaban J connectivity index is 1.62. The van der Waals surface area contributed by atoms with Crippen LogP contribution in [-0.2, 0) is 44.9 Å². The molecule has 1 aromatic heterocycles. The third kappa shape index (κ3) is 7.98. The number of para-hydroxylation sites is 1. The molecule has 0 spiro atoms. The zero-order chi connectivity index (χ0) is 32.1. The number of nitrogens with zero attached hydrogens (tertiary/aromatic N) is 2. The van der Waals surface area contributed by atoms with Crippen LogP contribution in [0.4, 0.5) is 26.3 Å². The number of fused-ring (bicyclic) bond motifs is 1. The molecule has 4 rings (SSSR count). The molecular formula is C30H29F6N3O4S. The van der Waals surface area contributed by atoms with Crippen molar-refractivity contribution in [2.75, 3.05) is 33.4 Å². The molecule has 0 aliphatic rings. The first kappa shape index (κ1) is 33.0. The molecule has 0 unspecified atom stereocenters. The van der Waals surface area contributed by atoms with E-state index in [0.29, 0.717) is 18.1 Å². The molecule has 236 valence electrons. The second-order valence-corrected chi connectivity index (χ2v) is 11.9. The number of H-pyrrole nitrogens is 1. The highest BCUT2D eigenvalue weighted by atomic mass is 32.2. The Hall–Kier alpha value is -3.88. The number of hydrogen-bond acceptors (Lipinski definition) is 4. The van der Waals surface area contributed by atoms with Crippen LogP contribution in [0.15, 0.2) is 83.9 Å². The number of halogens is 6. The molecule has 0 aliphatic heterocycles. The molecule has 7 nitrogen and oxygen atoms in total. The van der Waals surface area contributed by atoms with Gasteiger partial charge in [0.2, 0.25) is 15.9 Å². The lowest BCUT2D eigenvalue weighted by atomic mass is 10.1. The van der Waals surface area contributed by atoms with Crippen molar-refractivity contribution in [1.82, 2.24) is 14.2 Å². The summed E-state index contributed by atoms with van der Waals surface area (Å²) >= 11 is 0. The number of rotatable bonds is 12. The van der Waals surface area contributed by atoms with Gasteiger partial charge in [-0.2, -0.15) is 30.6 Å². The van der Waals surface area contributed by atoms with Crippen molar-refractivity contribution in [2.24, 2.45) is 0 Å². The van der Waals surface area contributed by atoms with Crippen LogP contribution in [0.25, 0.3) is 10.9 Å². The van der Waals surface area contributed by atoms with E-state index in [1.165, 1.54) is 24.1 Å². The number of hydrogen-bond donors (Lipinski definition) is 1. The number of ether oxygens (including phenoxy) is 1. The Morgan fingerprint density at radius 2 is 1.55 bits per heavy atom. The first-order chi connectivity index (χ1) is 20.7. The van der Waals surface area contributed by atoms with Crippen molar-refractivity contribution in [2.45, 2.75) is 30.2 Å². The standard InChI is InChI=1S/C30H29F6N3O4S/c1-43-16-15-39(44(41,42)25-6-4-5-24(17-25)30(34,35)36)20-28(40)38(19-21-9-11-23(12-10-21)29(31,32)33)14-13-22-18-37-27-8-3-2-7-26(22)27/h2-12,17-18,37H,13-16,19-20H2,1H3. The second-order valence-electron chi connectivity index (χ2n) is 9.98. The monoisotopic (exact) mass is 641 g/mol. The molecule has 0 radical (unpaired) electrons. The van der Waals surface area contributed by atoms with Crippen molar-refractivity contribution in [1.29, 1.82) is 0 Å². The largest absolute Gasteiger partial charge is 0.416 e. The van der Waals surface area contributed by atoms with E-state index in [4.69, 9.17) is 4.74 Å². The van der Waals surface area contributed by atoms with Crippen LogP contribution in [0.5, 0.6) is 0 Å². The number of nitrogens with one attached hydrogen (secondary N) is 1. The zero-order valence-corrected chi connectivity index (χ0v) is 24.3. The molecule has 1 heterocycles. The summed E-state index contributed by atoms with van der Waals surface area (Å²) in [5.41, 5.74) is 0.0595. The van der Waals surface area contributed by atoms with E-state index in [-0.39, 0.29) is 26.2 Å². The van der Waals surface area contributed by atoms with Gasteiger partial charge in [-0.1, -0.05) is 36.4 Å². The van der Waals surface area contributed by atoms with E-state index in [1.807, 2.05) is 24.3 Å². The van der Waals surface area contributed by atoms with Gasteiger partial charge in [-0.25, -0.2) is 8.42 Å². The summed E-state index contributed by atoms with van der Waals surface area (Å²) in [6.07, 6.45) is -7.24. The van der Waals surface area contributed by atoms with E-state index in [0.717, 1.165) is 51.1 Å². The molecule has 1 N–H and O–H groups in total. The summed E-state index contributed by atoms with van der Waals surface area (Å²) in [4.78, 5) is 17.5. The molecule has 3 aromatic carbocycles. The van der Waals surface area contributed by atoms with Crippen molar-refractivity contribution in [3.05, 3.63) is 101 Å². The lowest BCUT2D eigenvalue weighted by Crippen LogP contribution is -2.44. The predicted molar refractivity (Wildman–Crippen MR) is 151 cm³/mol. The Morgan fingerprint density at radius 1 is 0.864 bits per heavy atom. The van der Waals surface area contributed by atoms with Gasteiger partial charge in [-0.3, -0.25) is 4.79 Å². The fraction of sp³-hybridized carbons (Fsp3) is 0.300. The van der Waals surface area contributed by atoms with E-state index in [2.05, 4.69) is 4.98 Å². The number of aromatic nitrogens is 1. The number of carbonyl (C=O) groups excluding carboxylic acids is 1. The minimum absolute atomic E-state index is 0.0728. The summed E-state index contributed by atoms with van der Waals surface area (Å²) in [6, 6.07) is 14.9. The predicted octanol–water partition coefficient (Wildman–Crippen LogP) is 6.11. The third-order valence-electron chi connectivity index (χ3n) is 6.99. The molecule has 4 aromatic rings. The number of alkyl halides is 6. The van der Waals surface area contributed by atoms with Crippen molar-refractivity contribution in [3.63, 3.8) is 0 Å². The Labute approximate surface area is 250 Å². The van der Waals surface area contributed by atoms with Crippen LogP contribution in [0.3, 0.4) is 0 Å². The maximum Gasteiger partial charge on any atom is 0.416 e. The van der Waals surface area contributed by atoms with E-state index >= 15 is 0 Å². The van der Waals surface area contributed by atoms with Crippen LogP contribution < -0.4 is 0 Å². The maximum absolute atomic E-state index is 13.7. The molecule has 14 heteroatoms. The van der Waals surface area contributed by atoms with Crippen molar-refractivity contribution in [3.8, 4) is 0 Å². The Bertz CT molecular complexity index is 1690. The van der Waals surface area contributed by atoms with Gasteiger partial charge in [0, 0.05) is 43.8 Å². The van der Waals surface area contributed by atoms with Crippen LogP contribution in [0, 0.1) is 0 Å². The number of aromatic amines is 1.